The average molecular weight is 128 g/mol. The molecule has 1 aliphatic rings. The van der Waals surface area contributed by atoms with Gasteiger partial charge in [-0.1, -0.05) is 19.8 Å². The van der Waals surface area contributed by atoms with Crippen molar-refractivity contribution >= 4 is 0 Å². The maximum atomic E-state index is 9.53. The predicted octanol–water partition coefficient (Wildman–Crippen LogP) is 1.95. The predicted molar refractivity (Wildman–Crippen MR) is 38.3 cm³/mol. The molecule has 1 fully saturated rings. The lowest BCUT2D eigenvalue weighted by Gasteiger charge is -2.20. The summed E-state index contributed by atoms with van der Waals surface area (Å²) in [7, 11) is 0. The van der Waals surface area contributed by atoms with Crippen LogP contribution in [0.25, 0.3) is 0 Å². The molecule has 9 heavy (non-hydrogen) atoms. The molecule has 0 aromatic heterocycles. The van der Waals surface area contributed by atoms with Gasteiger partial charge in [-0.2, -0.15) is 0 Å². The lowest BCUT2D eigenvalue weighted by Crippen LogP contribution is -2.22. The van der Waals surface area contributed by atoms with Crippen molar-refractivity contribution in [1.82, 2.24) is 0 Å². The van der Waals surface area contributed by atoms with Gasteiger partial charge in [-0.15, -0.1) is 0 Å². The summed E-state index contributed by atoms with van der Waals surface area (Å²) in [6, 6.07) is 0. The molecular formula is C8H16O. The Balaban J connectivity index is 2.21. The molecule has 1 aliphatic carbocycles. The maximum absolute atomic E-state index is 9.53. The van der Waals surface area contributed by atoms with Crippen LogP contribution in [0.1, 0.15) is 39.5 Å². The molecule has 1 N–H and O–H groups in total. The zero-order valence-electron chi connectivity index (χ0n) is 6.35. The first kappa shape index (κ1) is 7.07. The van der Waals surface area contributed by atoms with E-state index in [4.69, 9.17) is 0 Å². The monoisotopic (exact) mass is 128 g/mol. The molecule has 1 unspecified atom stereocenters. The van der Waals surface area contributed by atoms with Gasteiger partial charge in [0.1, 0.15) is 0 Å². The Labute approximate surface area is 57.1 Å². The molecule has 0 aliphatic heterocycles. The third-order valence-corrected chi connectivity index (χ3v) is 2.19. The van der Waals surface area contributed by atoms with Crippen molar-refractivity contribution in [3.8, 4) is 0 Å². The first-order valence-corrected chi connectivity index (χ1v) is 3.86. The quantitative estimate of drug-likeness (QED) is 0.616. The van der Waals surface area contributed by atoms with E-state index in [0.29, 0.717) is 0 Å². The molecule has 0 bridgehead atoms. The third kappa shape index (κ3) is 2.35. The zero-order chi connectivity index (χ0) is 6.91. The summed E-state index contributed by atoms with van der Waals surface area (Å²) in [5.74, 6) is 0.847. The Hall–Kier alpha value is -0.0400. The molecule has 0 amide bonds. The van der Waals surface area contributed by atoms with Crippen molar-refractivity contribution in [2.45, 2.75) is 45.1 Å². The first-order chi connectivity index (χ1) is 4.14. The minimum Gasteiger partial charge on any atom is -0.390 e. The topological polar surface area (TPSA) is 20.2 Å². The largest absolute Gasteiger partial charge is 0.390 e. The second kappa shape index (κ2) is 2.30. The van der Waals surface area contributed by atoms with E-state index in [2.05, 4.69) is 0 Å². The van der Waals surface area contributed by atoms with Crippen LogP contribution < -0.4 is 0 Å². The van der Waals surface area contributed by atoms with E-state index in [1.807, 2.05) is 13.8 Å². The fourth-order valence-corrected chi connectivity index (χ4v) is 1.09. The lowest BCUT2D eigenvalue weighted by atomic mass is 9.96. The van der Waals surface area contributed by atoms with Gasteiger partial charge in [0.25, 0.3) is 0 Å². The van der Waals surface area contributed by atoms with E-state index >= 15 is 0 Å². The van der Waals surface area contributed by atoms with Crippen LogP contribution in [-0.4, -0.2) is 10.7 Å². The Morgan fingerprint density at radius 2 is 2.11 bits per heavy atom. The summed E-state index contributed by atoms with van der Waals surface area (Å²) in [6.45, 7) is 3.98. The van der Waals surface area contributed by atoms with Crippen LogP contribution in [0.5, 0.6) is 0 Å². The fourth-order valence-electron chi connectivity index (χ4n) is 1.09. The molecule has 1 heteroatoms. The molecule has 1 saturated carbocycles. The highest BCUT2D eigenvalue weighted by Crippen LogP contribution is 2.37. The second-order valence-electron chi connectivity index (χ2n) is 3.50. The minimum atomic E-state index is -0.374. The summed E-state index contributed by atoms with van der Waals surface area (Å²) in [5.41, 5.74) is -0.374. The highest BCUT2D eigenvalue weighted by atomic mass is 16.3. The lowest BCUT2D eigenvalue weighted by molar-refractivity contribution is 0.0413. The van der Waals surface area contributed by atoms with Gasteiger partial charge in [0, 0.05) is 0 Å². The smallest absolute Gasteiger partial charge is 0.0619 e. The molecule has 0 spiro atoms. The van der Waals surface area contributed by atoms with Gasteiger partial charge in [0.05, 0.1) is 5.60 Å². The van der Waals surface area contributed by atoms with E-state index in [1.165, 1.54) is 12.8 Å². The van der Waals surface area contributed by atoms with E-state index in [1.54, 1.807) is 0 Å². The molecule has 54 valence electrons. The minimum absolute atomic E-state index is 0.374. The Bertz CT molecular complexity index is 92.7. The molecule has 1 atom stereocenters. The molecule has 0 aromatic rings. The first-order valence-electron chi connectivity index (χ1n) is 3.86. The summed E-state index contributed by atoms with van der Waals surface area (Å²) in [4.78, 5) is 0. The van der Waals surface area contributed by atoms with E-state index in [0.717, 1.165) is 18.8 Å². The Morgan fingerprint density at radius 3 is 2.44 bits per heavy atom. The van der Waals surface area contributed by atoms with E-state index in [9.17, 15) is 5.11 Å². The molecular weight excluding hydrogens is 112 g/mol. The van der Waals surface area contributed by atoms with Crippen LogP contribution in [0.3, 0.4) is 0 Å². The van der Waals surface area contributed by atoms with Crippen molar-refractivity contribution in [1.29, 1.82) is 0 Å². The summed E-state index contributed by atoms with van der Waals surface area (Å²) in [5, 5.41) is 9.53. The second-order valence-corrected chi connectivity index (χ2v) is 3.50. The van der Waals surface area contributed by atoms with Gasteiger partial charge < -0.3 is 5.11 Å². The van der Waals surface area contributed by atoms with Crippen LogP contribution in [0.15, 0.2) is 0 Å². The number of rotatable bonds is 3. The fraction of sp³-hybridized carbons (Fsp3) is 1.00. The Morgan fingerprint density at radius 1 is 1.56 bits per heavy atom. The highest BCUT2D eigenvalue weighted by molar-refractivity contribution is 4.82. The van der Waals surface area contributed by atoms with Crippen molar-refractivity contribution in [2.24, 2.45) is 5.92 Å². The average Bonchev–Trinajstić information content (AvgIpc) is 2.50. The number of aliphatic hydroxyl groups is 1. The number of hydrogen-bond donors (Lipinski definition) is 1. The van der Waals surface area contributed by atoms with Gasteiger partial charge in [-0.05, 0) is 25.7 Å². The highest BCUT2D eigenvalue weighted by Gasteiger charge is 2.29. The molecule has 0 heterocycles. The van der Waals surface area contributed by atoms with Crippen molar-refractivity contribution < 1.29 is 5.11 Å². The van der Waals surface area contributed by atoms with Crippen LogP contribution in [0.4, 0.5) is 0 Å². The normalized spacial score (nSPS) is 25.7. The SMILES string of the molecule is CCC(C)(O)CC1CC1. The third-order valence-electron chi connectivity index (χ3n) is 2.19. The van der Waals surface area contributed by atoms with Crippen LogP contribution in [0.2, 0.25) is 0 Å². The van der Waals surface area contributed by atoms with Gasteiger partial charge >= 0.3 is 0 Å². The van der Waals surface area contributed by atoms with Gasteiger partial charge in [0.15, 0.2) is 0 Å². The molecule has 1 nitrogen and oxygen atoms in total. The summed E-state index contributed by atoms with van der Waals surface area (Å²) in [6.07, 6.45) is 4.60. The summed E-state index contributed by atoms with van der Waals surface area (Å²) < 4.78 is 0. The van der Waals surface area contributed by atoms with Gasteiger partial charge in [-0.25, -0.2) is 0 Å². The van der Waals surface area contributed by atoms with Gasteiger partial charge in [-0.3, -0.25) is 0 Å². The van der Waals surface area contributed by atoms with Crippen molar-refractivity contribution in [3.63, 3.8) is 0 Å². The van der Waals surface area contributed by atoms with Crippen molar-refractivity contribution in [2.75, 3.05) is 0 Å². The van der Waals surface area contributed by atoms with Crippen LogP contribution >= 0.6 is 0 Å². The standard InChI is InChI=1S/C8H16O/c1-3-8(2,9)6-7-4-5-7/h7,9H,3-6H2,1-2H3. The van der Waals surface area contributed by atoms with Crippen LogP contribution in [-0.2, 0) is 0 Å². The molecule has 0 aromatic carbocycles. The van der Waals surface area contributed by atoms with Gasteiger partial charge in [0.2, 0.25) is 0 Å². The van der Waals surface area contributed by atoms with Crippen molar-refractivity contribution in [3.05, 3.63) is 0 Å². The zero-order valence-corrected chi connectivity index (χ0v) is 6.35. The molecule has 0 saturated heterocycles. The van der Waals surface area contributed by atoms with Crippen LogP contribution in [0, 0.1) is 5.92 Å². The molecule has 0 radical (unpaired) electrons. The number of hydrogen-bond acceptors (Lipinski definition) is 1. The Kier molecular flexibility index (Phi) is 1.80. The van der Waals surface area contributed by atoms with E-state index < -0.39 is 0 Å². The van der Waals surface area contributed by atoms with E-state index in [-0.39, 0.29) is 5.60 Å². The molecule has 1 rings (SSSR count). The summed E-state index contributed by atoms with van der Waals surface area (Å²) >= 11 is 0. The maximum Gasteiger partial charge on any atom is 0.0619 e.